The van der Waals surface area contributed by atoms with Crippen molar-refractivity contribution in [2.45, 2.75) is 11.8 Å². The SMILES string of the molecule is Cc1cc(-c2ccccc2)cc(C(=O)NNS(=O)(=O)c2ccc(O)cc2)c1F. The molecule has 0 saturated carbocycles. The first-order valence-corrected chi connectivity index (χ1v) is 9.73. The fraction of sp³-hybridized carbons (Fsp3) is 0.0500. The molecule has 0 radical (unpaired) electrons. The summed E-state index contributed by atoms with van der Waals surface area (Å²) >= 11 is 0. The van der Waals surface area contributed by atoms with E-state index in [1.807, 2.05) is 40.6 Å². The molecule has 0 atom stereocenters. The minimum atomic E-state index is -4.08. The molecule has 3 rings (SSSR count). The second-order valence-electron chi connectivity index (χ2n) is 6.07. The number of rotatable bonds is 5. The summed E-state index contributed by atoms with van der Waals surface area (Å²) in [4.78, 5) is 14.2. The van der Waals surface area contributed by atoms with Crippen LogP contribution in [0.5, 0.6) is 5.75 Å². The predicted molar refractivity (Wildman–Crippen MR) is 102 cm³/mol. The van der Waals surface area contributed by atoms with Crippen molar-refractivity contribution in [3.8, 4) is 16.9 Å². The van der Waals surface area contributed by atoms with Crippen LogP contribution in [0.15, 0.2) is 71.6 Å². The second-order valence-corrected chi connectivity index (χ2v) is 7.76. The normalized spacial score (nSPS) is 11.2. The van der Waals surface area contributed by atoms with Crippen molar-refractivity contribution in [2.24, 2.45) is 0 Å². The van der Waals surface area contributed by atoms with Gasteiger partial charge in [0.2, 0.25) is 0 Å². The van der Waals surface area contributed by atoms with Crippen molar-refractivity contribution >= 4 is 15.9 Å². The lowest BCUT2D eigenvalue weighted by Gasteiger charge is -2.12. The number of carbonyl (C=O) groups excluding carboxylic acids is 1. The number of nitrogens with one attached hydrogen (secondary N) is 2. The molecule has 0 fully saturated rings. The number of carbonyl (C=O) groups is 1. The van der Waals surface area contributed by atoms with Crippen LogP contribution in [-0.4, -0.2) is 19.4 Å². The summed E-state index contributed by atoms with van der Waals surface area (Å²) in [6, 6.07) is 16.8. The molecule has 3 N–H and O–H groups in total. The molecule has 0 saturated heterocycles. The van der Waals surface area contributed by atoms with E-state index in [0.717, 1.165) is 5.56 Å². The number of phenolic OH excluding ortho intramolecular Hbond substituents is 1. The van der Waals surface area contributed by atoms with Gasteiger partial charge in [0.1, 0.15) is 11.6 Å². The number of phenols is 1. The Balaban J connectivity index is 1.84. The van der Waals surface area contributed by atoms with E-state index in [1.54, 1.807) is 6.07 Å². The van der Waals surface area contributed by atoms with E-state index in [1.165, 1.54) is 37.3 Å². The highest BCUT2D eigenvalue weighted by atomic mass is 32.2. The van der Waals surface area contributed by atoms with Crippen LogP contribution in [0.3, 0.4) is 0 Å². The first kappa shape index (κ1) is 19.5. The number of benzene rings is 3. The number of hydrogen-bond acceptors (Lipinski definition) is 4. The number of hydrogen-bond donors (Lipinski definition) is 3. The Bertz CT molecular complexity index is 1110. The molecule has 8 heteroatoms. The Morgan fingerprint density at radius 3 is 2.25 bits per heavy atom. The monoisotopic (exact) mass is 400 g/mol. The number of aromatic hydroxyl groups is 1. The van der Waals surface area contributed by atoms with Crippen LogP contribution in [0.2, 0.25) is 0 Å². The Morgan fingerprint density at radius 1 is 0.964 bits per heavy atom. The molecule has 0 unspecified atom stereocenters. The first-order valence-electron chi connectivity index (χ1n) is 8.25. The second kappa shape index (κ2) is 7.79. The molecule has 28 heavy (non-hydrogen) atoms. The average molecular weight is 400 g/mol. The Morgan fingerprint density at radius 2 is 1.61 bits per heavy atom. The van der Waals surface area contributed by atoms with Gasteiger partial charge >= 0.3 is 0 Å². The van der Waals surface area contributed by atoms with Crippen LogP contribution in [0.1, 0.15) is 15.9 Å². The zero-order chi connectivity index (χ0) is 20.3. The van der Waals surface area contributed by atoms with Gasteiger partial charge in [-0.2, -0.15) is 0 Å². The lowest BCUT2D eigenvalue weighted by molar-refractivity contribution is 0.0941. The minimum absolute atomic E-state index is 0.0988. The van der Waals surface area contributed by atoms with E-state index >= 15 is 0 Å². The average Bonchev–Trinajstić information content (AvgIpc) is 2.69. The van der Waals surface area contributed by atoms with E-state index < -0.39 is 21.7 Å². The molecule has 144 valence electrons. The number of amides is 1. The zero-order valence-electron chi connectivity index (χ0n) is 14.8. The number of sulfonamides is 1. The van der Waals surface area contributed by atoms with Crippen LogP contribution < -0.4 is 10.3 Å². The van der Waals surface area contributed by atoms with Gasteiger partial charge in [-0.15, -0.1) is 4.83 Å². The molecule has 0 aromatic heterocycles. The molecule has 0 bridgehead atoms. The van der Waals surface area contributed by atoms with Crippen molar-refractivity contribution in [2.75, 3.05) is 0 Å². The van der Waals surface area contributed by atoms with Crippen molar-refractivity contribution in [3.63, 3.8) is 0 Å². The molecule has 1 amide bonds. The minimum Gasteiger partial charge on any atom is -0.508 e. The number of halogens is 1. The molecule has 3 aromatic rings. The fourth-order valence-corrected chi connectivity index (χ4v) is 3.44. The van der Waals surface area contributed by atoms with Crippen LogP contribution >= 0.6 is 0 Å². The van der Waals surface area contributed by atoms with E-state index in [4.69, 9.17) is 0 Å². The highest BCUT2D eigenvalue weighted by molar-refractivity contribution is 7.89. The third kappa shape index (κ3) is 4.19. The van der Waals surface area contributed by atoms with Crippen LogP contribution in [0, 0.1) is 12.7 Å². The highest BCUT2D eigenvalue weighted by Crippen LogP contribution is 2.24. The van der Waals surface area contributed by atoms with Crippen LogP contribution in [-0.2, 0) is 10.0 Å². The standard InChI is InChI=1S/C20H17FN2O4S/c1-13-11-15(14-5-3-2-4-6-14)12-18(19(13)21)20(25)22-23-28(26,27)17-9-7-16(24)8-10-17/h2-12,23-24H,1H3,(H,22,25). The summed E-state index contributed by atoms with van der Waals surface area (Å²) in [5, 5.41) is 9.24. The first-order chi connectivity index (χ1) is 13.3. The van der Waals surface area contributed by atoms with Gasteiger partial charge in [-0.25, -0.2) is 12.8 Å². The molecular weight excluding hydrogens is 383 g/mol. The molecule has 0 heterocycles. The van der Waals surface area contributed by atoms with E-state index in [2.05, 4.69) is 0 Å². The topological polar surface area (TPSA) is 95.5 Å². The van der Waals surface area contributed by atoms with Crippen molar-refractivity contribution in [3.05, 3.63) is 83.7 Å². The van der Waals surface area contributed by atoms with Gasteiger partial charge in [-0.3, -0.25) is 10.2 Å². The lowest BCUT2D eigenvalue weighted by atomic mass is 9.99. The summed E-state index contributed by atoms with van der Waals surface area (Å²) in [6.07, 6.45) is 0. The number of hydrazine groups is 1. The predicted octanol–water partition coefficient (Wildman–Crippen LogP) is 3.13. The smallest absolute Gasteiger partial charge is 0.269 e. The van der Waals surface area contributed by atoms with Crippen LogP contribution in [0.4, 0.5) is 4.39 Å². The van der Waals surface area contributed by atoms with E-state index in [9.17, 15) is 22.7 Å². The van der Waals surface area contributed by atoms with Gasteiger partial charge in [-0.1, -0.05) is 30.3 Å². The molecule has 0 aliphatic rings. The maximum Gasteiger partial charge on any atom is 0.269 e. The van der Waals surface area contributed by atoms with Crippen molar-refractivity contribution in [1.29, 1.82) is 0 Å². The van der Waals surface area contributed by atoms with Crippen LogP contribution in [0.25, 0.3) is 11.1 Å². The summed E-state index contributed by atoms with van der Waals surface area (Å²) < 4.78 is 38.9. The summed E-state index contributed by atoms with van der Waals surface area (Å²) in [6.45, 7) is 1.53. The molecule has 0 aliphatic carbocycles. The highest BCUT2D eigenvalue weighted by Gasteiger charge is 2.19. The molecule has 0 spiro atoms. The third-order valence-electron chi connectivity index (χ3n) is 4.05. The maximum atomic E-state index is 14.5. The zero-order valence-corrected chi connectivity index (χ0v) is 15.6. The van der Waals surface area contributed by atoms with E-state index in [0.29, 0.717) is 5.56 Å². The summed E-state index contributed by atoms with van der Waals surface area (Å²) in [5.74, 6) is -1.76. The molecule has 0 aliphatic heterocycles. The quantitative estimate of drug-likeness (QED) is 0.574. The fourth-order valence-electron chi connectivity index (χ4n) is 2.60. The Hall–Kier alpha value is -3.23. The van der Waals surface area contributed by atoms with Crippen molar-refractivity contribution in [1.82, 2.24) is 10.3 Å². The Kier molecular flexibility index (Phi) is 5.43. The largest absolute Gasteiger partial charge is 0.508 e. The third-order valence-corrected chi connectivity index (χ3v) is 5.32. The van der Waals surface area contributed by atoms with E-state index in [-0.39, 0.29) is 21.8 Å². The van der Waals surface area contributed by atoms with Gasteiger partial charge in [-0.05, 0) is 60.0 Å². The Labute approximate surface area is 161 Å². The summed E-state index contributed by atoms with van der Waals surface area (Å²) in [7, 11) is -4.08. The van der Waals surface area contributed by atoms with Gasteiger partial charge in [0, 0.05) is 0 Å². The van der Waals surface area contributed by atoms with Gasteiger partial charge in [0.15, 0.2) is 0 Å². The van der Waals surface area contributed by atoms with Gasteiger partial charge in [0.25, 0.3) is 15.9 Å². The van der Waals surface area contributed by atoms with Crippen molar-refractivity contribution < 1.29 is 22.7 Å². The van der Waals surface area contributed by atoms with Gasteiger partial charge < -0.3 is 5.11 Å². The van der Waals surface area contributed by atoms with Gasteiger partial charge in [0.05, 0.1) is 10.5 Å². The lowest BCUT2D eigenvalue weighted by Crippen LogP contribution is -2.41. The molecule has 3 aromatic carbocycles. The summed E-state index contributed by atoms with van der Waals surface area (Å²) in [5.41, 5.74) is 3.42. The maximum absolute atomic E-state index is 14.5. The number of aryl methyl sites for hydroxylation is 1. The molecule has 6 nitrogen and oxygen atoms in total. The molecular formula is C20H17FN2O4S.